The van der Waals surface area contributed by atoms with E-state index in [1.54, 1.807) is 6.92 Å². The first kappa shape index (κ1) is 12.4. The zero-order chi connectivity index (χ0) is 12.1. The molecule has 5 nitrogen and oxygen atoms in total. The lowest BCUT2D eigenvalue weighted by molar-refractivity contribution is -0.139. The van der Waals surface area contributed by atoms with Crippen LogP contribution < -0.4 is 0 Å². The van der Waals surface area contributed by atoms with Crippen molar-refractivity contribution in [2.75, 3.05) is 13.2 Å². The number of carboxylic acid groups (broad SMARTS) is 1. The van der Waals surface area contributed by atoms with Gasteiger partial charge in [0, 0.05) is 11.1 Å². The summed E-state index contributed by atoms with van der Waals surface area (Å²) in [5, 5.41) is 8.56. The van der Waals surface area contributed by atoms with Crippen molar-refractivity contribution in [1.82, 2.24) is 0 Å². The third-order valence-corrected chi connectivity index (χ3v) is 2.08. The standard InChI is InChI=1S/C11H14O5/c1-7(10(12)13)3-4-8(2)11(14)16-6-9-5-15-9/h4,9H,1,3,5-6H2,2H3,(H,12,13). The molecule has 0 aromatic carbocycles. The van der Waals surface area contributed by atoms with Crippen LogP contribution in [0.3, 0.4) is 0 Å². The van der Waals surface area contributed by atoms with Gasteiger partial charge in [0.25, 0.3) is 0 Å². The molecule has 1 rings (SSSR count). The van der Waals surface area contributed by atoms with Crippen LogP contribution in [0.4, 0.5) is 0 Å². The molecule has 0 aliphatic carbocycles. The van der Waals surface area contributed by atoms with E-state index in [1.807, 2.05) is 0 Å². The van der Waals surface area contributed by atoms with Crippen molar-refractivity contribution in [3.63, 3.8) is 0 Å². The molecular formula is C11H14O5. The highest BCUT2D eigenvalue weighted by molar-refractivity contribution is 5.89. The van der Waals surface area contributed by atoms with Gasteiger partial charge in [0.05, 0.1) is 6.61 Å². The number of hydrogen-bond donors (Lipinski definition) is 1. The SMILES string of the molecule is C=C(CC=C(C)C(=O)OCC1CO1)C(=O)O. The molecule has 1 aliphatic heterocycles. The molecule has 88 valence electrons. The monoisotopic (exact) mass is 226 g/mol. The fourth-order valence-corrected chi connectivity index (χ4v) is 0.894. The fraction of sp³-hybridized carbons (Fsp3) is 0.455. The van der Waals surface area contributed by atoms with E-state index in [9.17, 15) is 9.59 Å². The number of allylic oxidation sites excluding steroid dienone is 1. The van der Waals surface area contributed by atoms with E-state index >= 15 is 0 Å². The Balaban J connectivity index is 2.32. The Morgan fingerprint density at radius 1 is 1.62 bits per heavy atom. The van der Waals surface area contributed by atoms with Gasteiger partial charge in [-0.2, -0.15) is 0 Å². The first-order chi connectivity index (χ1) is 7.50. The highest BCUT2D eigenvalue weighted by Crippen LogP contribution is 2.10. The van der Waals surface area contributed by atoms with Crippen LogP contribution in [0.2, 0.25) is 0 Å². The van der Waals surface area contributed by atoms with Crippen LogP contribution in [0, 0.1) is 0 Å². The van der Waals surface area contributed by atoms with E-state index in [4.69, 9.17) is 14.6 Å². The van der Waals surface area contributed by atoms with Crippen LogP contribution >= 0.6 is 0 Å². The van der Waals surface area contributed by atoms with E-state index in [2.05, 4.69) is 6.58 Å². The van der Waals surface area contributed by atoms with Crippen molar-refractivity contribution < 1.29 is 24.2 Å². The first-order valence-corrected chi connectivity index (χ1v) is 4.87. The predicted molar refractivity (Wildman–Crippen MR) is 55.8 cm³/mol. The van der Waals surface area contributed by atoms with Crippen molar-refractivity contribution >= 4 is 11.9 Å². The molecule has 1 heterocycles. The molecule has 0 aromatic heterocycles. The van der Waals surface area contributed by atoms with E-state index in [0.29, 0.717) is 12.2 Å². The van der Waals surface area contributed by atoms with Gasteiger partial charge in [-0.3, -0.25) is 0 Å². The van der Waals surface area contributed by atoms with Crippen LogP contribution in [0.25, 0.3) is 0 Å². The van der Waals surface area contributed by atoms with Gasteiger partial charge in [-0.15, -0.1) is 0 Å². The lowest BCUT2D eigenvalue weighted by Crippen LogP contribution is -2.10. The van der Waals surface area contributed by atoms with Crippen LogP contribution in [-0.4, -0.2) is 36.4 Å². The molecule has 1 N–H and O–H groups in total. The van der Waals surface area contributed by atoms with Gasteiger partial charge >= 0.3 is 11.9 Å². The second-order valence-electron chi connectivity index (χ2n) is 3.55. The highest BCUT2D eigenvalue weighted by atomic mass is 16.6. The van der Waals surface area contributed by atoms with E-state index in [-0.39, 0.29) is 24.7 Å². The number of aliphatic carboxylic acids is 1. The van der Waals surface area contributed by atoms with Gasteiger partial charge in [0.1, 0.15) is 12.7 Å². The predicted octanol–water partition coefficient (Wildman–Crippen LogP) is 0.906. The number of hydrogen-bond acceptors (Lipinski definition) is 4. The molecule has 1 atom stereocenters. The molecule has 1 fully saturated rings. The molecule has 0 aromatic rings. The van der Waals surface area contributed by atoms with E-state index in [1.165, 1.54) is 6.08 Å². The van der Waals surface area contributed by atoms with E-state index in [0.717, 1.165) is 0 Å². The lowest BCUT2D eigenvalue weighted by atomic mass is 10.1. The molecule has 0 amide bonds. The second kappa shape index (κ2) is 5.46. The van der Waals surface area contributed by atoms with Crippen LogP contribution in [0.15, 0.2) is 23.8 Å². The van der Waals surface area contributed by atoms with Crippen LogP contribution in [0.1, 0.15) is 13.3 Å². The van der Waals surface area contributed by atoms with Gasteiger partial charge in [-0.25, -0.2) is 9.59 Å². The maximum Gasteiger partial charge on any atom is 0.333 e. The van der Waals surface area contributed by atoms with Crippen molar-refractivity contribution in [3.05, 3.63) is 23.8 Å². The number of epoxide rings is 1. The first-order valence-electron chi connectivity index (χ1n) is 4.87. The van der Waals surface area contributed by atoms with Gasteiger partial charge in [0.2, 0.25) is 0 Å². The number of carbonyl (C=O) groups is 2. The summed E-state index contributed by atoms with van der Waals surface area (Å²) in [4.78, 5) is 21.8. The van der Waals surface area contributed by atoms with Crippen molar-refractivity contribution in [1.29, 1.82) is 0 Å². The van der Waals surface area contributed by atoms with Gasteiger partial charge < -0.3 is 14.6 Å². The maximum absolute atomic E-state index is 11.3. The van der Waals surface area contributed by atoms with Crippen LogP contribution in [-0.2, 0) is 19.1 Å². The summed E-state index contributed by atoms with van der Waals surface area (Å²) < 4.78 is 9.79. The normalized spacial score (nSPS) is 19.1. The Labute approximate surface area is 93.3 Å². The third kappa shape index (κ3) is 4.27. The summed E-state index contributed by atoms with van der Waals surface area (Å²) in [6.07, 6.45) is 1.66. The number of rotatable bonds is 6. The molecule has 0 radical (unpaired) electrons. The lowest BCUT2D eigenvalue weighted by Gasteiger charge is -2.02. The van der Waals surface area contributed by atoms with Crippen molar-refractivity contribution in [2.45, 2.75) is 19.4 Å². The number of esters is 1. The molecule has 1 unspecified atom stereocenters. The Morgan fingerprint density at radius 2 is 2.25 bits per heavy atom. The van der Waals surface area contributed by atoms with Gasteiger partial charge in [-0.1, -0.05) is 12.7 Å². The Hall–Kier alpha value is -1.62. The summed E-state index contributed by atoms with van der Waals surface area (Å²) in [5.74, 6) is -1.52. The maximum atomic E-state index is 11.3. The van der Waals surface area contributed by atoms with E-state index < -0.39 is 11.9 Å². The summed E-state index contributed by atoms with van der Waals surface area (Å²) in [5.41, 5.74) is 0.417. The Morgan fingerprint density at radius 3 is 2.75 bits per heavy atom. The molecule has 1 aliphatic rings. The summed E-state index contributed by atoms with van der Waals surface area (Å²) in [6, 6.07) is 0. The van der Waals surface area contributed by atoms with Gasteiger partial charge in [-0.05, 0) is 13.3 Å². The molecule has 0 saturated carbocycles. The summed E-state index contributed by atoms with van der Waals surface area (Å²) >= 11 is 0. The highest BCUT2D eigenvalue weighted by Gasteiger charge is 2.24. The Bertz CT molecular complexity index is 338. The Kier molecular flexibility index (Phi) is 4.25. The third-order valence-electron chi connectivity index (χ3n) is 2.08. The quantitative estimate of drug-likeness (QED) is 0.414. The zero-order valence-corrected chi connectivity index (χ0v) is 9.06. The number of ether oxygens (including phenoxy) is 2. The fourth-order valence-electron chi connectivity index (χ4n) is 0.894. The van der Waals surface area contributed by atoms with Crippen molar-refractivity contribution in [3.8, 4) is 0 Å². The van der Waals surface area contributed by atoms with Gasteiger partial charge in [0.15, 0.2) is 0 Å². The molecule has 0 spiro atoms. The smallest absolute Gasteiger partial charge is 0.333 e. The molecule has 5 heteroatoms. The molecule has 1 saturated heterocycles. The average Bonchev–Trinajstić information content (AvgIpc) is 3.05. The summed E-state index contributed by atoms with van der Waals surface area (Å²) in [6.45, 7) is 5.81. The number of carboxylic acids is 1. The summed E-state index contributed by atoms with van der Waals surface area (Å²) in [7, 11) is 0. The van der Waals surface area contributed by atoms with Crippen LogP contribution in [0.5, 0.6) is 0 Å². The zero-order valence-electron chi connectivity index (χ0n) is 9.06. The minimum atomic E-state index is -1.07. The topological polar surface area (TPSA) is 76.1 Å². The molecular weight excluding hydrogens is 212 g/mol. The van der Waals surface area contributed by atoms with Crippen molar-refractivity contribution in [2.24, 2.45) is 0 Å². The minimum Gasteiger partial charge on any atom is -0.478 e. The largest absolute Gasteiger partial charge is 0.478 e. The minimum absolute atomic E-state index is 0.0331. The number of carbonyl (C=O) groups excluding carboxylic acids is 1. The molecule has 0 bridgehead atoms. The average molecular weight is 226 g/mol. The second-order valence-corrected chi connectivity index (χ2v) is 3.55. The molecule has 16 heavy (non-hydrogen) atoms.